The molecule has 0 unspecified atom stereocenters. The van der Waals surface area contributed by atoms with E-state index in [1.807, 2.05) is 12.2 Å². The van der Waals surface area contributed by atoms with E-state index >= 15 is 0 Å². The number of nitrogens with one attached hydrogen (secondary N) is 2. The van der Waals surface area contributed by atoms with E-state index in [2.05, 4.69) is 34.9 Å². The van der Waals surface area contributed by atoms with Crippen LogP contribution in [0.15, 0.2) is 36.5 Å². The summed E-state index contributed by atoms with van der Waals surface area (Å²) in [5.41, 5.74) is 0. The largest absolute Gasteiger partial charge is 0.350 e. The zero-order valence-electron chi connectivity index (χ0n) is 14.2. The molecule has 2 N–H and O–H groups in total. The first kappa shape index (κ1) is 17.0. The van der Waals surface area contributed by atoms with Gasteiger partial charge < -0.3 is 10.6 Å². The standard InChI is InChI=1S/C20H28N2O2/c23-19(21-15-9-3-1-4-10-15)17-13-7-8-14-18(17)20(24)22-16-11-5-2-6-12-16/h3,5,7-9,11,15-18H,1-2,4,6,10,12-14H2,(H,21,23)(H,22,24)/t15-,16+,17+,18-. The first-order valence-electron chi connectivity index (χ1n) is 9.33. The number of allylic oxidation sites excluding steroid dienone is 4. The summed E-state index contributed by atoms with van der Waals surface area (Å²) in [5.74, 6) is -0.457. The van der Waals surface area contributed by atoms with Gasteiger partial charge in [-0.25, -0.2) is 0 Å². The first-order valence-corrected chi connectivity index (χ1v) is 9.33. The average molecular weight is 328 g/mol. The lowest BCUT2D eigenvalue weighted by Crippen LogP contribution is -2.47. The Morgan fingerprint density at radius 1 is 0.708 bits per heavy atom. The molecule has 4 atom stereocenters. The van der Waals surface area contributed by atoms with Crippen molar-refractivity contribution in [3.05, 3.63) is 36.5 Å². The molecule has 0 saturated heterocycles. The van der Waals surface area contributed by atoms with Gasteiger partial charge in [-0.05, 0) is 51.4 Å². The van der Waals surface area contributed by atoms with Crippen LogP contribution in [-0.2, 0) is 9.59 Å². The SMILES string of the molecule is O=C(N[C@@H]1C=CCCC1)[C@H]1CC=CC[C@H]1C(=O)N[C@H]1C=CCCC1. The molecule has 130 valence electrons. The quantitative estimate of drug-likeness (QED) is 0.779. The second-order valence-electron chi connectivity index (χ2n) is 7.10. The number of hydrogen-bond acceptors (Lipinski definition) is 2. The highest BCUT2D eigenvalue weighted by Gasteiger charge is 2.35. The van der Waals surface area contributed by atoms with Crippen LogP contribution in [0.4, 0.5) is 0 Å². The maximum Gasteiger partial charge on any atom is 0.224 e. The predicted octanol–water partition coefficient (Wildman–Crippen LogP) is 3.02. The van der Waals surface area contributed by atoms with Crippen molar-refractivity contribution in [3.63, 3.8) is 0 Å². The van der Waals surface area contributed by atoms with E-state index in [4.69, 9.17) is 0 Å². The lowest BCUT2D eigenvalue weighted by Gasteiger charge is -2.30. The summed E-state index contributed by atoms with van der Waals surface area (Å²) in [4.78, 5) is 25.4. The van der Waals surface area contributed by atoms with Crippen molar-refractivity contribution in [2.24, 2.45) is 11.8 Å². The van der Waals surface area contributed by atoms with Crippen LogP contribution in [0.1, 0.15) is 51.4 Å². The van der Waals surface area contributed by atoms with Crippen LogP contribution < -0.4 is 10.6 Å². The third-order valence-electron chi connectivity index (χ3n) is 5.27. The van der Waals surface area contributed by atoms with Crippen LogP contribution in [0.2, 0.25) is 0 Å². The molecular formula is C20H28N2O2. The lowest BCUT2D eigenvalue weighted by atomic mass is 9.81. The minimum atomic E-state index is -0.252. The average Bonchev–Trinajstić information content (AvgIpc) is 2.63. The number of rotatable bonds is 4. The van der Waals surface area contributed by atoms with Crippen LogP contribution in [0.3, 0.4) is 0 Å². The van der Waals surface area contributed by atoms with Gasteiger partial charge in [0.25, 0.3) is 0 Å². The van der Waals surface area contributed by atoms with Crippen LogP contribution in [0.5, 0.6) is 0 Å². The second kappa shape index (κ2) is 8.32. The van der Waals surface area contributed by atoms with E-state index in [9.17, 15) is 9.59 Å². The molecule has 0 spiro atoms. The fourth-order valence-electron chi connectivity index (χ4n) is 3.84. The van der Waals surface area contributed by atoms with Crippen LogP contribution in [-0.4, -0.2) is 23.9 Å². The molecular weight excluding hydrogens is 300 g/mol. The van der Waals surface area contributed by atoms with Gasteiger partial charge in [-0.2, -0.15) is 0 Å². The molecule has 3 aliphatic rings. The molecule has 3 rings (SSSR count). The predicted molar refractivity (Wildman–Crippen MR) is 95.2 cm³/mol. The fraction of sp³-hybridized carbons (Fsp3) is 0.600. The van der Waals surface area contributed by atoms with E-state index in [-0.39, 0.29) is 35.7 Å². The van der Waals surface area contributed by atoms with Crippen molar-refractivity contribution in [1.29, 1.82) is 0 Å². The molecule has 4 nitrogen and oxygen atoms in total. The molecule has 3 aliphatic carbocycles. The summed E-state index contributed by atoms with van der Waals surface area (Å²) in [6, 6.07) is 0.254. The molecule has 0 aromatic rings. The monoisotopic (exact) mass is 328 g/mol. The smallest absolute Gasteiger partial charge is 0.224 e. The zero-order valence-corrected chi connectivity index (χ0v) is 14.2. The van der Waals surface area contributed by atoms with Gasteiger partial charge in [0.2, 0.25) is 11.8 Å². The number of carbonyl (C=O) groups is 2. The Balaban J connectivity index is 1.60. The molecule has 0 radical (unpaired) electrons. The Labute approximate surface area is 144 Å². The topological polar surface area (TPSA) is 58.2 Å². The Morgan fingerprint density at radius 3 is 1.54 bits per heavy atom. The van der Waals surface area contributed by atoms with Crippen molar-refractivity contribution >= 4 is 11.8 Å². The highest BCUT2D eigenvalue weighted by Crippen LogP contribution is 2.27. The van der Waals surface area contributed by atoms with Gasteiger partial charge in [0.15, 0.2) is 0 Å². The third kappa shape index (κ3) is 4.37. The molecule has 0 bridgehead atoms. The van der Waals surface area contributed by atoms with Gasteiger partial charge in [-0.15, -0.1) is 0 Å². The molecule has 0 aromatic carbocycles. The van der Waals surface area contributed by atoms with E-state index in [1.54, 1.807) is 0 Å². The third-order valence-corrected chi connectivity index (χ3v) is 5.27. The Hall–Kier alpha value is -1.84. The minimum Gasteiger partial charge on any atom is -0.350 e. The van der Waals surface area contributed by atoms with Crippen LogP contribution >= 0.6 is 0 Å². The first-order chi connectivity index (χ1) is 11.7. The zero-order chi connectivity index (χ0) is 16.8. The van der Waals surface area contributed by atoms with Crippen molar-refractivity contribution < 1.29 is 9.59 Å². The Bertz CT molecular complexity index is 502. The molecule has 0 fully saturated rings. The van der Waals surface area contributed by atoms with E-state index in [0.717, 1.165) is 38.5 Å². The highest BCUT2D eigenvalue weighted by molar-refractivity contribution is 5.88. The normalized spacial score (nSPS) is 32.3. The van der Waals surface area contributed by atoms with Crippen molar-refractivity contribution in [3.8, 4) is 0 Å². The van der Waals surface area contributed by atoms with E-state index < -0.39 is 0 Å². The van der Waals surface area contributed by atoms with Crippen LogP contribution in [0, 0.1) is 11.8 Å². The van der Waals surface area contributed by atoms with Gasteiger partial charge in [-0.1, -0.05) is 36.5 Å². The van der Waals surface area contributed by atoms with Gasteiger partial charge in [0.1, 0.15) is 0 Å². The molecule has 0 heterocycles. The van der Waals surface area contributed by atoms with Gasteiger partial charge in [0.05, 0.1) is 11.8 Å². The molecule has 4 heteroatoms. The second-order valence-corrected chi connectivity index (χ2v) is 7.10. The van der Waals surface area contributed by atoms with Crippen molar-refractivity contribution in [2.75, 3.05) is 0 Å². The Morgan fingerprint density at radius 2 is 1.17 bits per heavy atom. The lowest BCUT2D eigenvalue weighted by molar-refractivity contribution is -0.135. The van der Waals surface area contributed by atoms with E-state index in [1.165, 1.54) is 0 Å². The summed E-state index contributed by atoms with van der Waals surface area (Å²) in [6.07, 6.45) is 20.2. The summed E-state index contributed by atoms with van der Waals surface area (Å²) in [5, 5.41) is 6.25. The van der Waals surface area contributed by atoms with Gasteiger partial charge in [-0.3, -0.25) is 9.59 Å². The molecule has 2 amide bonds. The number of carbonyl (C=O) groups excluding carboxylic acids is 2. The summed E-state index contributed by atoms with van der Waals surface area (Å²) in [7, 11) is 0. The highest BCUT2D eigenvalue weighted by atomic mass is 16.2. The van der Waals surface area contributed by atoms with Crippen LogP contribution in [0.25, 0.3) is 0 Å². The Kier molecular flexibility index (Phi) is 5.89. The fourth-order valence-corrected chi connectivity index (χ4v) is 3.84. The van der Waals surface area contributed by atoms with Gasteiger partial charge in [0, 0.05) is 12.1 Å². The molecule has 0 saturated carbocycles. The summed E-state index contributed by atoms with van der Waals surface area (Å²) < 4.78 is 0. The minimum absolute atomic E-state index is 0.0234. The van der Waals surface area contributed by atoms with E-state index in [0.29, 0.717) is 12.8 Å². The van der Waals surface area contributed by atoms with Crippen molar-refractivity contribution in [2.45, 2.75) is 63.5 Å². The maximum atomic E-state index is 12.7. The van der Waals surface area contributed by atoms with Crippen molar-refractivity contribution in [1.82, 2.24) is 10.6 Å². The maximum absolute atomic E-state index is 12.7. The summed E-state index contributed by atoms with van der Waals surface area (Å²) in [6.45, 7) is 0. The molecule has 24 heavy (non-hydrogen) atoms. The molecule has 0 aromatic heterocycles. The number of amides is 2. The molecule has 0 aliphatic heterocycles. The van der Waals surface area contributed by atoms with Gasteiger partial charge >= 0.3 is 0 Å². The number of hydrogen-bond donors (Lipinski definition) is 2. The summed E-state index contributed by atoms with van der Waals surface area (Å²) >= 11 is 0.